The molecule has 1 saturated heterocycles. The molecule has 9 heteroatoms. The molecule has 0 amide bonds. The van der Waals surface area contributed by atoms with Crippen molar-refractivity contribution in [2.75, 3.05) is 13.1 Å². The number of likely N-dealkylation sites (tertiary alicyclic amines) is 1. The van der Waals surface area contributed by atoms with Gasteiger partial charge < -0.3 is 14.1 Å². The molecule has 0 bridgehead atoms. The van der Waals surface area contributed by atoms with Crippen LogP contribution in [-0.2, 0) is 26.2 Å². The van der Waals surface area contributed by atoms with Gasteiger partial charge in [0.2, 0.25) is 0 Å². The number of hydrogen-bond acceptors (Lipinski definition) is 7. The summed E-state index contributed by atoms with van der Waals surface area (Å²) in [4.78, 5) is 27.0. The minimum Gasteiger partial charge on any atom is -0.461 e. The molecule has 34 heavy (non-hydrogen) atoms. The van der Waals surface area contributed by atoms with Gasteiger partial charge in [-0.2, -0.15) is 8.42 Å². The van der Waals surface area contributed by atoms with Crippen LogP contribution in [0, 0.1) is 19.8 Å². The second-order valence-electron chi connectivity index (χ2n) is 8.80. The van der Waals surface area contributed by atoms with E-state index >= 15 is 0 Å². The molecule has 0 spiro atoms. The summed E-state index contributed by atoms with van der Waals surface area (Å²) >= 11 is 0. The number of carbonyl (C=O) groups is 1. The summed E-state index contributed by atoms with van der Waals surface area (Å²) < 4.78 is 39.7. The Morgan fingerprint density at radius 3 is 2.76 bits per heavy atom. The number of aryl methyl sites for hydroxylation is 2. The first-order valence-electron chi connectivity index (χ1n) is 11.1. The number of sulfonamides is 1. The van der Waals surface area contributed by atoms with E-state index in [1.54, 1.807) is 24.3 Å². The molecule has 0 radical (unpaired) electrons. The maximum Gasteiger partial charge on any atom is 0.336 e. The fourth-order valence-corrected chi connectivity index (χ4v) is 5.78. The molecule has 3 heterocycles. The van der Waals surface area contributed by atoms with Crippen molar-refractivity contribution in [2.24, 2.45) is 10.3 Å². The number of benzene rings is 2. The van der Waals surface area contributed by atoms with Gasteiger partial charge in [0.1, 0.15) is 17.1 Å². The van der Waals surface area contributed by atoms with Gasteiger partial charge in [-0.3, -0.25) is 4.79 Å². The van der Waals surface area contributed by atoms with Crippen molar-refractivity contribution in [3.8, 4) is 0 Å². The number of rotatable bonds is 3. The van der Waals surface area contributed by atoms with Gasteiger partial charge in [-0.25, -0.2) is 4.79 Å². The third kappa shape index (κ3) is 4.00. The van der Waals surface area contributed by atoms with Crippen LogP contribution in [0.25, 0.3) is 11.0 Å². The third-order valence-electron chi connectivity index (χ3n) is 6.48. The number of amidine groups is 1. The highest BCUT2D eigenvalue weighted by Gasteiger charge is 2.35. The first-order valence-corrected chi connectivity index (χ1v) is 12.6. The van der Waals surface area contributed by atoms with Gasteiger partial charge in [-0.05, 0) is 62.1 Å². The van der Waals surface area contributed by atoms with E-state index in [9.17, 15) is 18.0 Å². The summed E-state index contributed by atoms with van der Waals surface area (Å²) in [7, 11) is -3.73. The summed E-state index contributed by atoms with van der Waals surface area (Å²) in [6.07, 6.45) is 1.34. The van der Waals surface area contributed by atoms with Gasteiger partial charge in [0.15, 0.2) is 5.84 Å². The predicted molar refractivity (Wildman–Crippen MR) is 126 cm³/mol. The Hall–Kier alpha value is -3.46. The van der Waals surface area contributed by atoms with Crippen LogP contribution in [0.2, 0.25) is 0 Å². The zero-order valence-corrected chi connectivity index (χ0v) is 19.7. The summed E-state index contributed by atoms with van der Waals surface area (Å²) in [6, 6.07) is 11.8. The quantitative estimate of drug-likeness (QED) is 0.418. The SMILES string of the molecule is Cc1cc2oc(=O)cc(COC(=O)C3CCCN(C4=NS(=O)(=O)c5ccccc54)C3)c2cc1C. The number of hydrogen-bond donors (Lipinski definition) is 0. The van der Waals surface area contributed by atoms with Crippen LogP contribution in [0.1, 0.15) is 35.1 Å². The van der Waals surface area contributed by atoms with E-state index in [-0.39, 0.29) is 17.5 Å². The molecule has 2 aliphatic heterocycles. The van der Waals surface area contributed by atoms with Gasteiger partial charge in [-0.1, -0.05) is 12.1 Å². The average molecular weight is 481 g/mol. The summed E-state index contributed by atoms with van der Waals surface area (Å²) in [6.45, 7) is 4.79. The first-order chi connectivity index (χ1) is 16.2. The minimum absolute atomic E-state index is 0.0436. The maximum absolute atomic E-state index is 12.9. The molecule has 1 atom stereocenters. The van der Waals surface area contributed by atoms with E-state index in [4.69, 9.17) is 9.15 Å². The summed E-state index contributed by atoms with van der Waals surface area (Å²) in [5.41, 5.74) is 3.17. The molecule has 1 fully saturated rings. The van der Waals surface area contributed by atoms with E-state index in [1.807, 2.05) is 30.9 Å². The zero-order chi connectivity index (χ0) is 24.0. The monoisotopic (exact) mass is 480 g/mol. The van der Waals surface area contributed by atoms with Crippen LogP contribution in [0.5, 0.6) is 0 Å². The number of fused-ring (bicyclic) bond motifs is 2. The van der Waals surface area contributed by atoms with Gasteiger partial charge in [0.05, 0.1) is 5.92 Å². The topological polar surface area (TPSA) is 106 Å². The van der Waals surface area contributed by atoms with Crippen molar-refractivity contribution in [3.05, 3.63) is 75.1 Å². The van der Waals surface area contributed by atoms with Crippen molar-refractivity contribution in [2.45, 2.75) is 38.2 Å². The van der Waals surface area contributed by atoms with Gasteiger partial charge in [-0.15, -0.1) is 4.40 Å². The Morgan fingerprint density at radius 2 is 1.94 bits per heavy atom. The zero-order valence-electron chi connectivity index (χ0n) is 18.9. The highest BCUT2D eigenvalue weighted by Crippen LogP contribution is 2.30. The molecule has 3 aromatic rings. The minimum atomic E-state index is -3.73. The van der Waals surface area contributed by atoms with Gasteiger partial charge in [0, 0.05) is 35.7 Å². The maximum atomic E-state index is 12.9. The number of ether oxygens (including phenoxy) is 1. The Kier molecular flexibility index (Phi) is 5.51. The van der Waals surface area contributed by atoms with Crippen LogP contribution in [0.15, 0.2) is 61.0 Å². The lowest BCUT2D eigenvalue weighted by Gasteiger charge is -2.32. The molecule has 5 rings (SSSR count). The highest BCUT2D eigenvalue weighted by molar-refractivity contribution is 7.90. The molecule has 1 aromatic heterocycles. The van der Waals surface area contributed by atoms with Crippen molar-refractivity contribution in [1.29, 1.82) is 0 Å². The van der Waals surface area contributed by atoms with Gasteiger partial charge >= 0.3 is 11.6 Å². The molecule has 0 aliphatic carbocycles. The third-order valence-corrected chi connectivity index (χ3v) is 7.81. The predicted octanol–water partition coefficient (Wildman–Crippen LogP) is 3.31. The first kappa shape index (κ1) is 22.3. The van der Waals surface area contributed by atoms with E-state index in [0.717, 1.165) is 16.5 Å². The van der Waals surface area contributed by atoms with Crippen molar-refractivity contribution in [3.63, 3.8) is 0 Å². The van der Waals surface area contributed by atoms with E-state index < -0.39 is 21.6 Å². The second-order valence-corrected chi connectivity index (χ2v) is 10.4. The van der Waals surface area contributed by atoms with Crippen molar-refractivity contribution < 1.29 is 22.4 Å². The van der Waals surface area contributed by atoms with Crippen LogP contribution >= 0.6 is 0 Å². The van der Waals surface area contributed by atoms with Crippen LogP contribution in [0.3, 0.4) is 0 Å². The standard InChI is InChI=1S/C25H24N2O6S/c1-15-10-20-18(12-23(28)33-21(20)11-16(15)2)14-32-25(29)17-6-5-9-27(13-17)24-19-7-3-4-8-22(19)34(30,31)26-24/h3-4,7-8,10-12,17H,5-6,9,13-14H2,1-2H3. The largest absolute Gasteiger partial charge is 0.461 e. The van der Waals surface area contributed by atoms with E-state index in [2.05, 4.69) is 4.40 Å². The lowest BCUT2D eigenvalue weighted by atomic mass is 9.97. The van der Waals surface area contributed by atoms with Crippen molar-refractivity contribution in [1.82, 2.24) is 4.90 Å². The number of nitrogens with zero attached hydrogens (tertiary/aromatic N) is 2. The molecule has 2 aliphatic rings. The molecular formula is C25H24N2O6S. The molecule has 8 nitrogen and oxygen atoms in total. The molecule has 2 aromatic carbocycles. The Labute approximate surface area is 196 Å². The van der Waals surface area contributed by atoms with E-state index in [0.29, 0.717) is 48.5 Å². The number of carbonyl (C=O) groups excluding carboxylic acids is 1. The Balaban J connectivity index is 1.33. The average Bonchev–Trinajstić information content (AvgIpc) is 3.09. The number of piperidine rings is 1. The second kappa shape index (κ2) is 8.39. The smallest absolute Gasteiger partial charge is 0.336 e. The van der Waals surface area contributed by atoms with Gasteiger partial charge in [0.25, 0.3) is 10.0 Å². The molecule has 176 valence electrons. The van der Waals surface area contributed by atoms with Crippen LogP contribution in [0.4, 0.5) is 0 Å². The summed E-state index contributed by atoms with van der Waals surface area (Å²) in [5, 5.41) is 0.739. The molecule has 0 N–H and O–H groups in total. The number of esters is 1. The van der Waals surface area contributed by atoms with Crippen molar-refractivity contribution >= 4 is 32.8 Å². The van der Waals surface area contributed by atoms with Crippen LogP contribution < -0.4 is 5.63 Å². The van der Waals surface area contributed by atoms with Crippen LogP contribution in [-0.4, -0.2) is 38.2 Å². The Bertz CT molecular complexity index is 1510. The molecule has 1 unspecified atom stereocenters. The lowest BCUT2D eigenvalue weighted by Crippen LogP contribution is -2.42. The normalized spacial score (nSPS) is 19.1. The molecular weight excluding hydrogens is 456 g/mol. The lowest BCUT2D eigenvalue weighted by molar-refractivity contribution is -0.151. The fraction of sp³-hybridized carbons (Fsp3) is 0.320. The molecule has 0 saturated carbocycles. The fourth-order valence-electron chi connectivity index (χ4n) is 4.55. The Morgan fingerprint density at radius 1 is 1.18 bits per heavy atom. The highest BCUT2D eigenvalue weighted by atomic mass is 32.2. The van der Waals surface area contributed by atoms with E-state index in [1.165, 1.54) is 6.07 Å². The summed E-state index contributed by atoms with van der Waals surface area (Å²) in [5.74, 6) is -0.433.